The minimum absolute atomic E-state index is 0.0118. The first-order valence-corrected chi connectivity index (χ1v) is 12.2. The van der Waals surface area contributed by atoms with Gasteiger partial charge in [-0.3, -0.25) is 9.10 Å². The van der Waals surface area contributed by atoms with Crippen molar-refractivity contribution in [2.45, 2.75) is 12.8 Å². The van der Waals surface area contributed by atoms with Crippen molar-refractivity contribution in [2.75, 3.05) is 43.8 Å². The van der Waals surface area contributed by atoms with Crippen LogP contribution >= 0.6 is 23.2 Å². The van der Waals surface area contributed by atoms with Crippen molar-refractivity contribution >= 4 is 56.5 Å². The highest BCUT2D eigenvalue weighted by molar-refractivity contribution is 7.92. The number of anilines is 2. The molecular weight excluding hydrogens is 495 g/mol. The number of ether oxygens (including phenoxy) is 3. The largest absolute Gasteiger partial charge is 0.493 e. The monoisotopic (exact) mass is 518 g/mol. The predicted molar refractivity (Wildman–Crippen MR) is 127 cm³/mol. The van der Waals surface area contributed by atoms with Crippen LogP contribution in [0.25, 0.3) is 0 Å². The quantitative estimate of drug-likeness (QED) is 0.473. The topological polar surface area (TPSA) is 111 Å². The van der Waals surface area contributed by atoms with Crippen LogP contribution in [-0.4, -0.2) is 54.4 Å². The molecule has 1 N–H and O–H groups in total. The molecule has 0 radical (unpaired) electrons. The van der Waals surface area contributed by atoms with Crippen molar-refractivity contribution in [2.24, 2.45) is 0 Å². The molecule has 0 fully saturated rings. The number of nitrogens with one attached hydrogen (secondary N) is 1. The van der Waals surface area contributed by atoms with E-state index in [4.69, 9.17) is 37.4 Å². The molecule has 0 spiro atoms. The van der Waals surface area contributed by atoms with Crippen LogP contribution in [0.2, 0.25) is 10.0 Å². The van der Waals surface area contributed by atoms with Crippen LogP contribution in [0.15, 0.2) is 30.3 Å². The number of methoxy groups -OCH3 is 3. The molecule has 0 aliphatic carbocycles. The number of nitrogens with zero attached hydrogens (tertiary/aromatic N) is 1. The summed E-state index contributed by atoms with van der Waals surface area (Å²) in [6.07, 6.45) is 1.17. The molecule has 0 aliphatic heterocycles. The first kappa shape index (κ1) is 26.6. The molecule has 2 aromatic carbocycles. The van der Waals surface area contributed by atoms with Gasteiger partial charge in [0.1, 0.15) is 0 Å². The normalized spacial score (nSPS) is 11.0. The van der Waals surface area contributed by atoms with Crippen molar-refractivity contribution in [3.8, 4) is 11.5 Å². The van der Waals surface area contributed by atoms with Gasteiger partial charge in [-0.05, 0) is 24.6 Å². The van der Waals surface area contributed by atoms with Crippen molar-refractivity contribution in [1.29, 1.82) is 0 Å². The van der Waals surface area contributed by atoms with E-state index in [-0.39, 0.29) is 47.1 Å². The lowest BCUT2D eigenvalue weighted by Gasteiger charge is -2.23. The third kappa shape index (κ3) is 6.89. The van der Waals surface area contributed by atoms with Crippen LogP contribution in [0.4, 0.5) is 11.4 Å². The molecule has 33 heavy (non-hydrogen) atoms. The number of amides is 1. The van der Waals surface area contributed by atoms with Gasteiger partial charge in [0.25, 0.3) is 0 Å². The van der Waals surface area contributed by atoms with Crippen molar-refractivity contribution in [3.63, 3.8) is 0 Å². The zero-order valence-electron chi connectivity index (χ0n) is 18.5. The van der Waals surface area contributed by atoms with Gasteiger partial charge in [0.2, 0.25) is 15.9 Å². The second-order valence-electron chi connectivity index (χ2n) is 6.83. The van der Waals surface area contributed by atoms with E-state index < -0.39 is 21.9 Å². The van der Waals surface area contributed by atoms with Crippen LogP contribution < -0.4 is 19.1 Å². The maximum absolute atomic E-state index is 12.6. The first-order chi connectivity index (χ1) is 15.5. The lowest BCUT2D eigenvalue weighted by atomic mass is 10.1. The molecule has 0 atom stereocenters. The fourth-order valence-electron chi connectivity index (χ4n) is 3.00. The Morgan fingerprint density at radius 2 is 1.67 bits per heavy atom. The number of carbonyl (C=O) groups excluding carboxylic acids is 2. The minimum atomic E-state index is -3.69. The van der Waals surface area contributed by atoms with E-state index >= 15 is 0 Å². The molecule has 12 heteroatoms. The second kappa shape index (κ2) is 11.4. The Bertz CT molecular complexity index is 1140. The molecule has 0 aromatic heterocycles. The maximum Gasteiger partial charge on any atom is 0.340 e. The Morgan fingerprint density at radius 1 is 1.03 bits per heavy atom. The molecule has 0 bridgehead atoms. The summed E-state index contributed by atoms with van der Waals surface area (Å²) in [7, 11) is 0.361. The molecule has 2 aromatic rings. The number of sulfonamides is 1. The lowest BCUT2D eigenvalue weighted by Crippen LogP contribution is -2.31. The van der Waals surface area contributed by atoms with Crippen LogP contribution in [-0.2, 0) is 19.6 Å². The Morgan fingerprint density at radius 3 is 2.24 bits per heavy atom. The van der Waals surface area contributed by atoms with E-state index in [1.807, 2.05) is 0 Å². The van der Waals surface area contributed by atoms with Crippen molar-refractivity contribution in [3.05, 3.63) is 45.9 Å². The molecule has 0 unspecified atom stereocenters. The average molecular weight is 519 g/mol. The zero-order chi connectivity index (χ0) is 24.8. The molecular formula is C21H24Cl2N2O7S. The van der Waals surface area contributed by atoms with Gasteiger partial charge in [-0.1, -0.05) is 23.2 Å². The van der Waals surface area contributed by atoms with Gasteiger partial charge in [0, 0.05) is 30.1 Å². The summed E-state index contributed by atoms with van der Waals surface area (Å²) in [6, 6.07) is 7.32. The minimum Gasteiger partial charge on any atom is -0.493 e. The van der Waals surface area contributed by atoms with Crippen LogP contribution in [0.1, 0.15) is 23.2 Å². The highest BCUT2D eigenvalue weighted by Crippen LogP contribution is 2.34. The summed E-state index contributed by atoms with van der Waals surface area (Å²) in [6.45, 7) is -0.0118. The lowest BCUT2D eigenvalue weighted by molar-refractivity contribution is -0.116. The SMILES string of the molecule is COC(=O)c1cc(OC)c(OC)cc1NC(=O)CCCN(c1cc(Cl)ccc1Cl)S(C)(=O)=O. The van der Waals surface area contributed by atoms with E-state index in [1.165, 1.54) is 45.6 Å². The van der Waals surface area contributed by atoms with Crippen LogP contribution in [0.5, 0.6) is 11.5 Å². The van der Waals surface area contributed by atoms with Gasteiger partial charge in [0.15, 0.2) is 11.5 Å². The summed E-state index contributed by atoms with van der Waals surface area (Å²) >= 11 is 12.1. The van der Waals surface area contributed by atoms with E-state index in [0.29, 0.717) is 10.8 Å². The van der Waals surface area contributed by atoms with Crippen molar-refractivity contribution in [1.82, 2.24) is 0 Å². The Hall–Kier alpha value is -2.69. The third-order valence-corrected chi connectivity index (χ3v) is 6.28. The highest BCUT2D eigenvalue weighted by Gasteiger charge is 2.22. The summed E-state index contributed by atoms with van der Waals surface area (Å²) in [4.78, 5) is 24.7. The predicted octanol–water partition coefficient (Wildman–Crippen LogP) is 3.98. The number of hydrogen-bond acceptors (Lipinski definition) is 7. The maximum atomic E-state index is 12.6. The fraction of sp³-hybridized carbons (Fsp3) is 0.333. The molecule has 2 rings (SSSR count). The number of esters is 1. The van der Waals surface area contributed by atoms with Crippen molar-refractivity contribution < 1.29 is 32.2 Å². The summed E-state index contributed by atoms with van der Waals surface area (Å²) in [5.74, 6) is -0.527. The summed E-state index contributed by atoms with van der Waals surface area (Å²) in [5, 5.41) is 3.17. The van der Waals surface area contributed by atoms with Gasteiger partial charge >= 0.3 is 5.97 Å². The van der Waals surface area contributed by atoms with E-state index in [1.54, 1.807) is 6.07 Å². The standard InChI is InChI=1S/C21H24Cl2N2O7S/c1-30-18-11-14(21(27)32-3)16(12-19(18)31-2)24-20(26)6-5-9-25(33(4,28)29)17-10-13(22)7-8-15(17)23/h7-8,10-12H,5-6,9H2,1-4H3,(H,24,26). The zero-order valence-corrected chi connectivity index (χ0v) is 20.8. The number of hydrogen-bond donors (Lipinski definition) is 1. The molecule has 0 aliphatic rings. The molecule has 180 valence electrons. The number of carbonyl (C=O) groups is 2. The molecule has 1 amide bonds. The van der Waals surface area contributed by atoms with Gasteiger partial charge in [-0.15, -0.1) is 0 Å². The summed E-state index contributed by atoms with van der Waals surface area (Å²) in [5.41, 5.74) is 0.467. The van der Waals surface area contributed by atoms with E-state index in [0.717, 1.165) is 10.6 Å². The molecule has 0 heterocycles. The highest BCUT2D eigenvalue weighted by atomic mass is 35.5. The van der Waals surface area contributed by atoms with Crippen LogP contribution in [0.3, 0.4) is 0 Å². The Balaban J connectivity index is 2.17. The number of halogens is 2. The van der Waals surface area contributed by atoms with Gasteiger partial charge in [0.05, 0.1) is 49.5 Å². The molecule has 0 saturated carbocycles. The van der Waals surface area contributed by atoms with E-state index in [2.05, 4.69) is 5.32 Å². The fourth-order valence-corrected chi connectivity index (χ4v) is 4.40. The van der Waals surface area contributed by atoms with Crippen LogP contribution in [0, 0.1) is 0 Å². The Labute approximate surface area is 202 Å². The summed E-state index contributed by atoms with van der Waals surface area (Å²) < 4.78 is 40.8. The molecule has 0 saturated heterocycles. The number of rotatable bonds is 10. The third-order valence-electron chi connectivity index (χ3n) is 4.55. The number of benzene rings is 2. The van der Waals surface area contributed by atoms with Gasteiger partial charge in [-0.2, -0.15) is 0 Å². The first-order valence-electron chi connectivity index (χ1n) is 9.58. The van der Waals surface area contributed by atoms with E-state index in [9.17, 15) is 18.0 Å². The average Bonchev–Trinajstić information content (AvgIpc) is 2.76. The Kier molecular flexibility index (Phi) is 9.21. The van der Waals surface area contributed by atoms with Gasteiger partial charge < -0.3 is 19.5 Å². The molecule has 9 nitrogen and oxygen atoms in total. The van der Waals surface area contributed by atoms with Gasteiger partial charge in [-0.25, -0.2) is 13.2 Å². The second-order valence-corrected chi connectivity index (χ2v) is 9.58. The smallest absolute Gasteiger partial charge is 0.340 e.